The number of H-pyrrole nitrogens is 1. The molecule has 2 aromatic heterocycles. The summed E-state index contributed by atoms with van der Waals surface area (Å²) in [5.41, 5.74) is -0.432. The highest BCUT2D eigenvalue weighted by atomic mass is 19.4. The molecule has 1 aromatic carbocycles. The van der Waals surface area contributed by atoms with E-state index in [1.165, 1.54) is 29.0 Å². The van der Waals surface area contributed by atoms with Crippen molar-refractivity contribution in [3.05, 3.63) is 70.2 Å². The quantitative estimate of drug-likeness (QED) is 0.192. The molecule has 3 aromatic rings. The first-order chi connectivity index (χ1) is 20.4. The van der Waals surface area contributed by atoms with Crippen molar-refractivity contribution in [2.24, 2.45) is 0 Å². The van der Waals surface area contributed by atoms with Crippen molar-refractivity contribution in [2.45, 2.75) is 57.3 Å². The highest BCUT2D eigenvalue weighted by molar-refractivity contribution is 5.96. The van der Waals surface area contributed by atoms with Gasteiger partial charge in [-0.15, -0.1) is 0 Å². The molecule has 0 radical (unpaired) electrons. The minimum atomic E-state index is -4.43. The maximum atomic E-state index is 14.0. The summed E-state index contributed by atoms with van der Waals surface area (Å²) >= 11 is 0. The number of hydrogen-bond donors (Lipinski definition) is 4. The molecule has 4 rings (SSSR count). The van der Waals surface area contributed by atoms with Gasteiger partial charge in [-0.1, -0.05) is 6.08 Å². The highest BCUT2D eigenvalue weighted by Crippen LogP contribution is 2.26. The Balaban J connectivity index is 1.45. The van der Waals surface area contributed by atoms with E-state index in [0.29, 0.717) is 13.1 Å². The Hall–Kier alpha value is -4.69. The molecular weight excluding hydrogens is 576 g/mol. The number of carbonyl (C=O) groups is 3. The number of halogens is 4. The largest absolute Gasteiger partial charge is 0.465 e. The lowest BCUT2D eigenvalue weighted by Gasteiger charge is -2.16. The number of aromatic amines is 1. The molecule has 3 heterocycles. The molecule has 15 heteroatoms. The molecule has 1 atom stereocenters. The van der Waals surface area contributed by atoms with Crippen molar-refractivity contribution in [3.63, 3.8) is 0 Å². The number of benzene rings is 1. The Morgan fingerprint density at radius 3 is 2.63 bits per heavy atom. The van der Waals surface area contributed by atoms with E-state index >= 15 is 0 Å². The lowest BCUT2D eigenvalue weighted by atomic mass is 10.1. The molecule has 1 aliphatic rings. The van der Waals surface area contributed by atoms with E-state index in [0.717, 1.165) is 25.0 Å². The highest BCUT2D eigenvalue weighted by Gasteiger charge is 2.27. The maximum Gasteiger partial charge on any atom is 0.405 e. The van der Waals surface area contributed by atoms with Crippen LogP contribution in [0.25, 0.3) is 11.0 Å². The number of nitrogens with zero attached hydrogens (tertiary/aromatic N) is 3. The number of amides is 3. The second-order valence-corrected chi connectivity index (χ2v) is 10.1. The zero-order chi connectivity index (χ0) is 31.1. The van der Waals surface area contributed by atoms with Gasteiger partial charge in [0.1, 0.15) is 23.4 Å². The zero-order valence-electron chi connectivity index (χ0n) is 22.9. The van der Waals surface area contributed by atoms with Crippen molar-refractivity contribution in [1.82, 2.24) is 24.8 Å². The topological polar surface area (TPSA) is 149 Å². The minimum Gasteiger partial charge on any atom is -0.465 e. The molecule has 1 fully saturated rings. The fraction of sp³-hybridized carbons (Fsp3) is 0.393. The van der Waals surface area contributed by atoms with Crippen LogP contribution in [0.5, 0.6) is 0 Å². The third kappa shape index (κ3) is 8.66. The van der Waals surface area contributed by atoms with E-state index in [1.54, 1.807) is 11.0 Å². The minimum absolute atomic E-state index is 0.0230. The summed E-state index contributed by atoms with van der Waals surface area (Å²) in [6.45, 7) is 1.19. The van der Waals surface area contributed by atoms with Crippen molar-refractivity contribution in [2.75, 3.05) is 18.4 Å². The molecule has 0 aliphatic carbocycles. The summed E-state index contributed by atoms with van der Waals surface area (Å²) < 4.78 is 53.4. The Labute approximate surface area is 242 Å². The standard InChI is InChI=1S/C28H30F4N6O5/c29-18-14-17(9-10-28(30,31)32)24-21(15-18)33-22(36-24)16-38-13-5-7-20(26(38)41)34-25(40)19(35-27(42)43)6-1-2-8-23(39)37-11-3-4-12-37/h2,5,7-8,13-15,19,35H,1,3-4,6,9-12,16H2,(H,33,36)(H,34,40)(H,42,43)/b8-2+. The number of fused-ring (bicyclic) bond motifs is 1. The van der Waals surface area contributed by atoms with E-state index in [9.17, 15) is 41.8 Å². The third-order valence-corrected chi connectivity index (χ3v) is 6.87. The smallest absolute Gasteiger partial charge is 0.405 e. The number of carboxylic acid groups (broad SMARTS) is 1. The molecule has 4 N–H and O–H groups in total. The average Bonchev–Trinajstić information content (AvgIpc) is 3.61. The Kier molecular flexibility index (Phi) is 9.83. The van der Waals surface area contributed by atoms with E-state index in [-0.39, 0.29) is 53.4 Å². The fourth-order valence-corrected chi connectivity index (χ4v) is 4.79. The average molecular weight is 607 g/mol. The van der Waals surface area contributed by atoms with Gasteiger partial charge in [0.2, 0.25) is 11.8 Å². The number of allylic oxidation sites excluding steroid dienone is 1. The molecule has 1 unspecified atom stereocenters. The number of likely N-dealkylation sites (tertiary alicyclic amines) is 1. The second kappa shape index (κ2) is 13.5. The first-order valence-corrected chi connectivity index (χ1v) is 13.6. The van der Waals surface area contributed by atoms with Gasteiger partial charge < -0.3 is 30.2 Å². The number of aryl methyl sites for hydroxylation is 1. The molecule has 3 amide bonds. The number of nitrogens with one attached hydrogen (secondary N) is 3. The Bertz CT molecular complexity index is 1580. The predicted molar refractivity (Wildman–Crippen MR) is 148 cm³/mol. The molecule has 43 heavy (non-hydrogen) atoms. The molecule has 1 saturated heterocycles. The number of carbonyl (C=O) groups excluding carboxylic acids is 2. The van der Waals surface area contributed by atoms with Gasteiger partial charge in [-0.05, 0) is 68.0 Å². The number of rotatable bonds is 11. The molecule has 0 saturated carbocycles. The maximum absolute atomic E-state index is 14.0. The number of anilines is 1. The SMILES string of the molecule is O=C(O)NC(CC/C=C/C(=O)N1CCCC1)C(=O)Nc1cccn(Cc2nc3c(CCC(F)(F)F)cc(F)cc3[nH]2)c1=O. The van der Waals surface area contributed by atoms with Gasteiger partial charge in [0.15, 0.2) is 0 Å². The van der Waals surface area contributed by atoms with Gasteiger partial charge in [-0.3, -0.25) is 14.4 Å². The van der Waals surface area contributed by atoms with Crippen LogP contribution >= 0.6 is 0 Å². The zero-order valence-corrected chi connectivity index (χ0v) is 22.9. The Morgan fingerprint density at radius 1 is 1.19 bits per heavy atom. The van der Waals surface area contributed by atoms with Gasteiger partial charge in [0, 0.05) is 25.7 Å². The van der Waals surface area contributed by atoms with Crippen LogP contribution in [0.15, 0.2) is 47.4 Å². The van der Waals surface area contributed by atoms with Gasteiger partial charge >= 0.3 is 12.3 Å². The van der Waals surface area contributed by atoms with Crippen molar-refractivity contribution in [1.29, 1.82) is 0 Å². The summed E-state index contributed by atoms with van der Waals surface area (Å²) in [5.74, 6) is -1.51. The van der Waals surface area contributed by atoms with Crippen LogP contribution in [0.3, 0.4) is 0 Å². The van der Waals surface area contributed by atoms with Gasteiger partial charge in [0.25, 0.3) is 5.56 Å². The third-order valence-electron chi connectivity index (χ3n) is 6.87. The molecule has 1 aliphatic heterocycles. The molecular formula is C28H30F4N6O5. The molecule has 0 bridgehead atoms. The normalized spacial score (nSPS) is 14.4. The van der Waals surface area contributed by atoms with Crippen molar-refractivity contribution in [3.8, 4) is 0 Å². The van der Waals surface area contributed by atoms with E-state index in [4.69, 9.17) is 0 Å². The van der Waals surface area contributed by atoms with Crippen LogP contribution in [0.2, 0.25) is 0 Å². The van der Waals surface area contributed by atoms with Crippen LogP contribution in [0.4, 0.5) is 28.0 Å². The van der Waals surface area contributed by atoms with E-state index in [2.05, 4.69) is 20.6 Å². The number of pyridine rings is 1. The van der Waals surface area contributed by atoms with Gasteiger partial charge in [-0.25, -0.2) is 14.2 Å². The molecule has 0 spiro atoms. The number of imidazole rings is 1. The molecule has 11 nitrogen and oxygen atoms in total. The Morgan fingerprint density at radius 2 is 1.93 bits per heavy atom. The summed E-state index contributed by atoms with van der Waals surface area (Å²) in [6.07, 6.45) is -1.03. The lowest BCUT2D eigenvalue weighted by Crippen LogP contribution is -2.44. The number of hydrogen-bond acceptors (Lipinski definition) is 5. The van der Waals surface area contributed by atoms with Crippen LogP contribution in [0.1, 0.15) is 43.5 Å². The van der Waals surface area contributed by atoms with Crippen molar-refractivity contribution < 1.29 is 37.1 Å². The van der Waals surface area contributed by atoms with Gasteiger partial charge in [0.05, 0.1) is 17.6 Å². The first kappa shape index (κ1) is 31.3. The summed E-state index contributed by atoms with van der Waals surface area (Å²) in [7, 11) is 0. The van der Waals surface area contributed by atoms with Crippen molar-refractivity contribution >= 4 is 34.6 Å². The fourth-order valence-electron chi connectivity index (χ4n) is 4.79. The monoisotopic (exact) mass is 606 g/mol. The van der Waals surface area contributed by atoms with E-state index in [1.807, 2.05) is 0 Å². The van der Waals surface area contributed by atoms with E-state index < -0.39 is 48.4 Å². The number of aromatic nitrogens is 3. The summed E-state index contributed by atoms with van der Waals surface area (Å²) in [5, 5.41) is 13.7. The van der Waals surface area contributed by atoms with Crippen LogP contribution in [0, 0.1) is 5.82 Å². The number of alkyl halides is 3. The molecule has 230 valence electrons. The first-order valence-electron chi connectivity index (χ1n) is 13.6. The summed E-state index contributed by atoms with van der Waals surface area (Å²) in [4.78, 5) is 58.2. The summed E-state index contributed by atoms with van der Waals surface area (Å²) in [6, 6.07) is 3.64. The van der Waals surface area contributed by atoms with Crippen LogP contribution in [-0.4, -0.2) is 67.8 Å². The predicted octanol–water partition coefficient (Wildman–Crippen LogP) is 3.94. The van der Waals surface area contributed by atoms with Gasteiger partial charge in [-0.2, -0.15) is 13.2 Å². The lowest BCUT2D eigenvalue weighted by molar-refractivity contribution is -0.134. The van der Waals surface area contributed by atoms with Crippen LogP contribution in [-0.2, 0) is 22.6 Å². The van der Waals surface area contributed by atoms with Crippen LogP contribution < -0.4 is 16.2 Å². The second-order valence-electron chi connectivity index (χ2n) is 10.1.